The van der Waals surface area contributed by atoms with Crippen molar-refractivity contribution in [3.8, 4) is 11.3 Å². The molecule has 0 bridgehead atoms. The molecule has 3 aromatic rings. The second-order valence-corrected chi connectivity index (χ2v) is 10.1. The highest BCUT2D eigenvalue weighted by Crippen LogP contribution is 2.27. The molecular weight excluding hydrogens is 426 g/mol. The number of rotatable bonds is 6. The topological polar surface area (TPSA) is 67.6 Å². The first-order valence-electron chi connectivity index (χ1n) is 12.0. The Morgan fingerprint density at radius 3 is 2.38 bits per heavy atom. The molecule has 2 heterocycles. The highest BCUT2D eigenvalue weighted by molar-refractivity contribution is 5.93. The maximum absolute atomic E-state index is 12.9. The van der Waals surface area contributed by atoms with Crippen molar-refractivity contribution in [1.29, 1.82) is 0 Å². The molecule has 0 radical (unpaired) electrons. The second-order valence-electron chi connectivity index (χ2n) is 10.1. The molecule has 6 heteroatoms. The Morgan fingerprint density at radius 1 is 1.03 bits per heavy atom. The van der Waals surface area contributed by atoms with Gasteiger partial charge in [-0.25, -0.2) is 0 Å². The SMILES string of the molecule is Cc1ccc(-c2cc(C(=O)NCC(c3ccc(C(C)(C)C)cc3)N3CCOCC3)no2)cc1C. The molecule has 1 aromatic heterocycles. The second kappa shape index (κ2) is 10.1. The Bertz CT molecular complexity index is 1120. The summed E-state index contributed by atoms with van der Waals surface area (Å²) in [6.07, 6.45) is 0. The molecule has 1 fully saturated rings. The van der Waals surface area contributed by atoms with Gasteiger partial charge < -0.3 is 14.6 Å². The number of hydrogen-bond donors (Lipinski definition) is 1. The van der Waals surface area contributed by atoms with Crippen LogP contribution in [0, 0.1) is 13.8 Å². The minimum Gasteiger partial charge on any atom is -0.379 e. The fraction of sp³-hybridized carbons (Fsp3) is 0.429. The van der Waals surface area contributed by atoms with Gasteiger partial charge in [0.2, 0.25) is 0 Å². The van der Waals surface area contributed by atoms with E-state index in [2.05, 4.69) is 74.3 Å². The molecule has 4 rings (SSSR count). The van der Waals surface area contributed by atoms with E-state index in [1.54, 1.807) is 6.07 Å². The van der Waals surface area contributed by atoms with Crippen LogP contribution in [0.5, 0.6) is 0 Å². The van der Waals surface area contributed by atoms with Crippen molar-refractivity contribution in [1.82, 2.24) is 15.4 Å². The summed E-state index contributed by atoms with van der Waals surface area (Å²) in [4.78, 5) is 15.3. The van der Waals surface area contributed by atoms with Gasteiger partial charge in [0.15, 0.2) is 11.5 Å². The average molecular weight is 462 g/mol. The van der Waals surface area contributed by atoms with Crippen LogP contribution in [0.2, 0.25) is 0 Å². The summed E-state index contributed by atoms with van der Waals surface area (Å²) in [7, 11) is 0. The summed E-state index contributed by atoms with van der Waals surface area (Å²) in [5.41, 5.74) is 6.17. The van der Waals surface area contributed by atoms with Gasteiger partial charge in [0.25, 0.3) is 5.91 Å². The van der Waals surface area contributed by atoms with Crippen LogP contribution >= 0.6 is 0 Å². The maximum Gasteiger partial charge on any atom is 0.273 e. The van der Waals surface area contributed by atoms with Crippen molar-refractivity contribution >= 4 is 5.91 Å². The van der Waals surface area contributed by atoms with Crippen LogP contribution in [0.4, 0.5) is 0 Å². The lowest BCUT2D eigenvalue weighted by atomic mass is 9.86. The van der Waals surface area contributed by atoms with Crippen LogP contribution in [-0.4, -0.2) is 48.8 Å². The third-order valence-electron chi connectivity index (χ3n) is 6.64. The Hall–Kier alpha value is -2.96. The predicted molar refractivity (Wildman–Crippen MR) is 134 cm³/mol. The van der Waals surface area contributed by atoms with Gasteiger partial charge in [0, 0.05) is 31.3 Å². The van der Waals surface area contributed by atoms with E-state index in [0.29, 0.717) is 25.5 Å². The molecule has 1 aliphatic heterocycles. The van der Waals surface area contributed by atoms with Crippen molar-refractivity contribution < 1.29 is 14.1 Å². The molecule has 2 aromatic carbocycles. The van der Waals surface area contributed by atoms with E-state index >= 15 is 0 Å². The number of carbonyl (C=O) groups is 1. The summed E-state index contributed by atoms with van der Waals surface area (Å²) in [6.45, 7) is 14.3. The van der Waals surface area contributed by atoms with Gasteiger partial charge >= 0.3 is 0 Å². The van der Waals surface area contributed by atoms with Crippen LogP contribution < -0.4 is 5.32 Å². The lowest BCUT2D eigenvalue weighted by Gasteiger charge is -2.35. The Kier molecular flexibility index (Phi) is 7.19. The minimum atomic E-state index is -0.233. The fourth-order valence-electron chi connectivity index (χ4n) is 4.25. The summed E-state index contributed by atoms with van der Waals surface area (Å²) in [5.74, 6) is 0.360. The minimum absolute atomic E-state index is 0.0630. The molecule has 1 saturated heterocycles. The average Bonchev–Trinajstić information content (AvgIpc) is 3.32. The molecule has 1 aliphatic rings. The van der Waals surface area contributed by atoms with Gasteiger partial charge in [-0.3, -0.25) is 9.69 Å². The number of benzene rings is 2. The maximum atomic E-state index is 12.9. The highest BCUT2D eigenvalue weighted by Gasteiger charge is 2.25. The van der Waals surface area contributed by atoms with E-state index in [-0.39, 0.29) is 23.1 Å². The van der Waals surface area contributed by atoms with Gasteiger partial charge in [-0.2, -0.15) is 0 Å². The molecule has 0 aliphatic carbocycles. The largest absolute Gasteiger partial charge is 0.379 e. The number of carbonyl (C=O) groups excluding carboxylic acids is 1. The first-order chi connectivity index (χ1) is 16.2. The molecule has 6 nitrogen and oxygen atoms in total. The zero-order chi connectivity index (χ0) is 24.3. The first-order valence-corrected chi connectivity index (χ1v) is 12.0. The molecule has 180 valence electrons. The molecule has 1 N–H and O–H groups in total. The summed E-state index contributed by atoms with van der Waals surface area (Å²) >= 11 is 0. The van der Waals surface area contributed by atoms with Crippen molar-refractivity contribution in [2.24, 2.45) is 0 Å². The van der Waals surface area contributed by atoms with Gasteiger partial charge in [-0.1, -0.05) is 62.3 Å². The zero-order valence-electron chi connectivity index (χ0n) is 20.9. The van der Waals surface area contributed by atoms with E-state index in [1.807, 2.05) is 18.2 Å². The summed E-state index contributed by atoms with van der Waals surface area (Å²) in [6, 6.07) is 16.6. The van der Waals surface area contributed by atoms with E-state index in [4.69, 9.17) is 9.26 Å². The molecule has 0 spiro atoms. The lowest BCUT2D eigenvalue weighted by molar-refractivity contribution is 0.0162. The first kappa shape index (κ1) is 24.2. The number of morpholine rings is 1. The van der Waals surface area contributed by atoms with Crippen molar-refractivity contribution in [3.63, 3.8) is 0 Å². The standard InChI is InChI=1S/C28H35N3O3/c1-19-6-7-22(16-20(19)2)26-17-24(30-34-26)27(32)29-18-25(31-12-14-33-15-13-31)21-8-10-23(11-9-21)28(3,4)5/h6-11,16-17,25H,12-15,18H2,1-5H3,(H,29,32). The number of hydrogen-bond acceptors (Lipinski definition) is 5. The Labute approximate surface area is 202 Å². The Balaban J connectivity index is 1.48. The third kappa shape index (κ3) is 5.57. The molecule has 1 unspecified atom stereocenters. The smallest absolute Gasteiger partial charge is 0.273 e. The number of nitrogens with zero attached hydrogens (tertiary/aromatic N) is 2. The molecular formula is C28H35N3O3. The lowest BCUT2D eigenvalue weighted by Crippen LogP contribution is -2.43. The van der Waals surface area contributed by atoms with E-state index < -0.39 is 0 Å². The molecule has 34 heavy (non-hydrogen) atoms. The van der Waals surface area contributed by atoms with Crippen LogP contribution in [0.3, 0.4) is 0 Å². The van der Waals surface area contributed by atoms with E-state index in [9.17, 15) is 4.79 Å². The molecule has 0 saturated carbocycles. The van der Waals surface area contributed by atoms with Gasteiger partial charge in [-0.15, -0.1) is 0 Å². The number of ether oxygens (including phenoxy) is 1. The van der Waals surface area contributed by atoms with Crippen LogP contribution in [-0.2, 0) is 10.2 Å². The van der Waals surface area contributed by atoms with E-state index in [1.165, 1.54) is 22.3 Å². The van der Waals surface area contributed by atoms with Crippen molar-refractivity contribution in [3.05, 3.63) is 76.5 Å². The van der Waals surface area contributed by atoms with Crippen molar-refractivity contribution in [2.45, 2.75) is 46.1 Å². The molecule has 1 amide bonds. The predicted octanol–water partition coefficient (Wildman–Crippen LogP) is 5.06. The quantitative estimate of drug-likeness (QED) is 0.556. The highest BCUT2D eigenvalue weighted by atomic mass is 16.5. The normalized spacial score (nSPS) is 15.8. The van der Waals surface area contributed by atoms with Crippen LogP contribution in [0.1, 0.15) is 59.6 Å². The number of aromatic nitrogens is 1. The monoisotopic (exact) mass is 461 g/mol. The Morgan fingerprint density at radius 2 is 1.74 bits per heavy atom. The van der Waals surface area contributed by atoms with Crippen molar-refractivity contribution in [2.75, 3.05) is 32.8 Å². The zero-order valence-corrected chi connectivity index (χ0v) is 20.9. The number of amides is 1. The van der Waals surface area contributed by atoms with Crippen LogP contribution in [0.15, 0.2) is 53.1 Å². The third-order valence-corrected chi connectivity index (χ3v) is 6.64. The van der Waals surface area contributed by atoms with E-state index in [0.717, 1.165) is 18.7 Å². The van der Waals surface area contributed by atoms with Gasteiger partial charge in [0.1, 0.15) is 0 Å². The fourth-order valence-corrected chi connectivity index (χ4v) is 4.25. The number of nitrogens with one attached hydrogen (secondary N) is 1. The summed E-state index contributed by atoms with van der Waals surface area (Å²) in [5, 5.41) is 7.11. The molecule has 1 atom stereocenters. The van der Waals surface area contributed by atoms with Crippen LogP contribution in [0.25, 0.3) is 11.3 Å². The van der Waals surface area contributed by atoms with Gasteiger partial charge in [0.05, 0.1) is 19.3 Å². The van der Waals surface area contributed by atoms with Gasteiger partial charge in [-0.05, 0) is 47.6 Å². The summed E-state index contributed by atoms with van der Waals surface area (Å²) < 4.78 is 11.0. The number of aryl methyl sites for hydroxylation is 2.